The zero-order chi connectivity index (χ0) is 13.4. The largest absolute Gasteiger partial charge is 0.299 e. The zero-order valence-corrected chi connectivity index (χ0v) is 12.7. The van der Waals surface area contributed by atoms with E-state index in [9.17, 15) is 4.79 Å². The van der Waals surface area contributed by atoms with Crippen LogP contribution in [0.4, 0.5) is 0 Å². The molecule has 0 aliphatic heterocycles. The highest BCUT2D eigenvalue weighted by Crippen LogP contribution is 2.18. The summed E-state index contributed by atoms with van der Waals surface area (Å²) in [5.41, 5.74) is 1.07. The summed E-state index contributed by atoms with van der Waals surface area (Å²) >= 11 is 1.66. The second-order valence-corrected chi connectivity index (χ2v) is 6.27. The Hall–Kier alpha value is -0.700. The number of aromatic nitrogens is 1. The molecular formula is C15H25NOS. The van der Waals surface area contributed by atoms with Crippen molar-refractivity contribution in [3.05, 3.63) is 15.6 Å². The highest BCUT2D eigenvalue weighted by atomic mass is 32.1. The number of nitrogens with zero attached hydrogens (tertiary/aromatic N) is 1. The second kappa shape index (κ2) is 8.41. The van der Waals surface area contributed by atoms with Gasteiger partial charge in [0, 0.05) is 11.3 Å². The first-order chi connectivity index (χ1) is 8.63. The third kappa shape index (κ3) is 5.76. The molecule has 0 amide bonds. The Balaban J connectivity index is 2.14. The second-order valence-electron chi connectivity index (χ2n) is 4.98. The Bertz CT molecular complexity index is 351. The molecule has 1 aromatic rings. The molecule has 1 heterocycles. The van der Waals surface area contributed by atoms with Crippen LogP contribution in [0.1, 0.15) is 67.4 Å². The van der Waals surface area contributed by atoms with Gasteiger partial charge in [-0.1, -0.05) is 39.0 Å². The van der Waals surface area contributed by atoms with E-state index in [4.69, 9.17) is 0 Å². The number of carbonyl (C=O) groups is 1. The van der Waals surface area contributed by atoms with Gasteiger partial charge >= 0.3 is 0 Å². The number of hydrogen-bond donors (Lipinski definition) is 0. The third-order valence-electron chi connectivity index (χ3n) is 3.23. The monoisotopic (exact) mass is 267 g/mol. The van der Waals surface area contributed by atoms with E-state index < -0.39 is 0 Å². The molecule has 0 fully saturated rings. The lowest BCUT2D eigenvalue weighted by atomic mass is 10.1. The summed E-state index contributed by atoms with van der Waals surface area (Å²) in [6.07, 6.45) is 8.70. The van der Waals surface area contributed by atoms with E-state index in [1.807, 2.05) is 6.92 Å². The molecule has 0 aliphatic rings. The van der Waals surface area contributed by atoms with Crippen LogP contribution in [0, 0.1) is 13.8 Å². The van der Waals surface area contributed by atoms with Crippen LogP contribution in [0.25, 0.3) is 0 Å². The molecule has 0 bridgehead atoms. The van der Waals surface area contributed by atoms with Crippen LogP contribution in [0.2, 0.25) is 0 Å². The first kappa shape index (κ1) is 15.4. The minimum atomic E-state index is 0.347. The lowest BCUT2D eigenvalue weighted by Crippen LogP contribution is -2.02. The number of unbranched alkanes of at least 4 members (excludes halogenated alkanes) is 5. The average molecular weight is 267 g/mol. The highest BCUT2D eigenvalue weighted by molar-refractivity contribution is 7.11. The molecule has 2 nitrogen and oxygen atoms in total. The van der Waals surface area contributed by atoms with Gasteiger partial charge in [0.2, 0.25) is 0 Å². The number of aryl methyl sites for hydroxylation is 2. The van der Waals surface area contributed by atoms with Crippen LogP contribution >= 0.6 is 11.3 Å². The standard InChI is InChI=1S/C15H25NOS/c1-4-5-6-7-8-9-10-14(17)11-15-16-12(2)13(3)18-15/h4-11H2,1-3H3. The molecule has 0 aliphatic carbocycles. The fourth-order valence-electron chi connectivity index (χ4n) is 1.97. The molecule has 1 rings (SSSR count). The van der Waals surface area contributed by atoms with Crippen molar-refractivity contribution >= 4 is 17.1 Å². The molecule has 0 unspecified atom stereocenters. The summed E-state index contributed by atoms with van der Waals surface area (Å²) in [5, 5.41) is 0.987. The van der Waals surface area contributed by atoms with E-state index in [1.165, 1.54) is 37.0 Å². The normalized spacial score (nSPS) is 10.8. The van der Waals surface area contributed by atoms with E-state index >= 15 is 0 Å². The smallest absolute Gasteiger partial charge is 0.139 e. The van der Waals surface area contributed by atoms with Gasteiger partial charge in [0.15, 0.2) is 0 Å². The maximum atomic E-state index is 11.8. The summed E-state index contributed by atoms with van der Waals surface area (Å²) in [6.45, 7) is 6.30. The van der Waals surface area contributed by atoms with Gasteiger partial charge in [0.05, 0.1) is 12.1 Å². The van der Waals surface area contributed by atoms with Crippen LogP contribution in [0.15, 0.2) is 0 Å². The number of rotatable bonds is 9. The fraction of sp³-hybridized carbons (Fsp3) is 0.733. The summed E-state index contributed by atoms with van der Waals surface area (Å²) < 4.78 is 0. The van der Waals surface area contributed by atoms with Crippen molar-refractivity contribution in [1.82, 2.24) is 4.98 Å². The van der Waals surface area contributed by atoms with Gasteiger partial charge in [0.25, 0.3) is 0 Å². The minimum Gasteiger partial charge on any atom is -0.299 e. The molecule has 0 saturated heterocycles. The SMILES string of the molecule is CCCCCCCCC(=O)Cc1nc(C)c(C)s1. The Kier molecular flexibility index (Phi) is 7.18. The van der Waals surface area contributed by atoms with Gasteiger partial charge in [0.1, 0.15) is 10.8 Å². The van der Waals surface area contributed by atoms with E-state index in [0.29, 0.717) is 12.2 Å². The van der Waals surface area contributed by atoms with Crippen molar-refractivity contribution in [3.63, 3.8) is 0 Å². The minimum absolute atomic E-state index is 0.347. The molecule has 0 radical (unpaired) electrons. The topological polar surface area (TPSA) is 30.0 Å². The number of thiazole rings is 1. The molecular weight excluding hydrogens is 242 g/mol. The molecule has 3 heteroatoms. The van der Waals surface area contributed by atoms with Gasteiger partial charge < -0.3 is 0 Å². The van der Waals surface area contributed by atoms with Crippen LogP contribution in [0.3, 0.4) is 0 Å². The lowest BCUT2D eigenvalue weighted by molar-refractivity contribution is -0.118. The highest BCUT2D eigenvalue weighted by Gasteiger charge is 2.08. The Morgan fingerprint density at radius 2 is 1.78 bits per heavy atom. The average Bonchev–Trinajstić information content (AvgIpc) is 2.62. The van der Waals surface area contributed by atoms with Crippen LogP contribution in [0.5, 0.6) is 0 Å². The predicted molar refractivity (Wildman–Crippen MR) is 78.3 cm³/mol. The molecule has 0 N–H and O–H groups in total. The van der Waals surface area contributed by atoms with Crippen molar-refractivity contribution in [1.29, 1.82) is 0 Å². The van der Waals surface area contributed by atoms with Gasteiger partial charge in [-0.15, -0.1) is 11.3 Å². The molecule has 1 aromatic heterocycles. The zero-order valence-electron chi connectivity index (χ0n) is 11.9. The third-order valence-corrected chi connectivity index (χ3v) is 4.30. The molecule has 0 spiro atoms. The van der Waals surface area contributed by atoms with Gasteiger partial charge in [-0.25, -0.2) is 4.98 Å². The van der Waals surface area contributed by atoms with E-state index in [2.05, 4.69) is 18.8 Å². The maximum Gasteiger partial charge on any atom is 0.139 e. The first-order valence-electron chi connectivity index (χ1n) is 7.08. The quantitative estimate of drug-likeness (QED) is 0.611. The maximum absolute atomic E-state index is 11.8. The van der Waals surface area contributed by atoms with Crippen molar-refractivity contribution < 1.29 is 4.79 Å². The Morgan fingerprint density at radius 1 is 1.11 bits per heavy atom. The van der Waals surface area contributed by atoms with E-state index in [0.717, 1.165) is 23.5 Å². The van der Waals surface area contributed by atoms with Crippen LogP contribution in [-0.2, 0) is 11.2 Å². The van der Waals surface area contributed by atoms with Gasteiger partial charge in [-0.05, 0) is 20.3 Å². The molecule has 0 saturated carbocycles. The van der Waals surface area contributed by atoms with Crippen molar-refractivity contribution in [2.75, 3.05) is 0 Å². The van der Waals surface area contributed by atoms with Gasteiger partial charge in [-0.3, -0.25) is 4.79 Å². The number of Topliss-reactive ketones (excluding diaryl/α,β-unsaturated/α-hetero) is 1. The Morgan fingerprint density at radius 3 is 2.39 bits per heavy atom. The molecule has 102 valence electrons. The van der Waals surface area contributed by atoms with Crippen LogP contribution in [-0.4, -0.2) is 10.8 Å². The number of ketones is 1. The van der Waals surface area contributed by atoms with Crippen LogP contribution < -0.4 is 0 Å². The van der Waals surface area contributed by atoms with E-state index in [1.54, 1.807) is 11.3 Å². The summed E-state index contributed by atoms with van der Waals surface area (Å²) in [7, 11) is 0. The molecule has 0 atom stereocenters. The Labute approximate surface area is 115 Å². The number of hydrogen-bond acceptors (Lipinski definition) is 3. The lowest BCUT2D eigenvalue weighted by Gasteiger charge is -2.00. The molecule has 18 heavy (non-hydrogen) atoms. The summed E-state index contributed by atoms with van der Waals surface area (Å²) in [6, 6.07) is 0. The van der Waals surface area contributed by atoms with Crippen molar-refractivity contribution in [3.8, 4) is 0 Å². The van der Waals surface area contributed by atoms with Gasteiger partial charge in [-0.2, -0.15) is 0 Å². The number of carbonyl (C=O) groups excluding carboxylic acids is 1. The van der Waals surface area contributed by atoms with Crippen molar-refractivity contribution in [2.45, 2.75) is 72.1 Å². The van der Waals surface area contributed by atoms with Crippen molar-refractivity contribution in [2.24, 2.45) is 0 Å². The summed E-state index contributed by atoms with van der Waals surface area (Å²) in [4.78, 5) is 17.4. The predicted octanol–water partition coefficient (Wildman–Crippen LogP) is 4.62. The summed E-state index contributed by atoms with van der Waals surface area (Å²) in [5.74, 6) is 0.347. The fourth-order valence-corrected chi connectivity index (χ4v) is 2.94. The van der Waals surface area contributed by atoms with E-state index in [-0.39, 0.29) is 0 Å². The molecule has 0 aromatic carbocycles. The first-order valence-corrected chi connectivity index (χ1v) is 7.89.